The van der Waals surface area contributed by atoms with Crippen molar-refractivity contribution >= 4 is 0 Å². The molecule has 118 valence electrons. The second-order valence-corrected chi connectivity index (χ2v) is 6.41. The molecule has 21 heavy (non-hydrogen) atoms. The van der Waals surface area contributed by atoms with Crippen LogP contribution in [0.5, 0.6) is 11.5 Å². The second kappa shape index (κ2) is 6.67. The van der Waals surface area contributed by atoms with Crippen LogP contribution in [-0.2, 0) is 6.42 Å². The van der Waals surface area contributed by atoms with Gasteiger partial charge >= 0.3 is 0 Å². The van der Waals surface area contributed by atoms with Crippen LogP contribution in [0.2, 0.25) is 0 Å². The highest BCUT2D eigenvalue weighted by Crippen LogP contribution is 2.31. The lowest BCUT2D eigenvalue weighted by atomic mass is 9.91. The van der Waals surface area contributed by atoms with Gasteiger partial charge in [0.05, 0.1) is 14.2 Å². The minimum Gasteiger partial charge on any atom is -0.493 e. The molecular formula is C17H28N2O2. The van der Waals surface area contributed by atoms with Crippen LogP contribution in [0.3, 0.4) is 0 Å². The number of benzene rings is 1. The van der Waals surface area contributed by atoms with E-state index in [4.69, 9.17) is 15.2 Å². The standard InChI is InChI=1S/C17H28N2O2/c1-13-7-8-19(11-13)17(2,12-18)10-14-5-6-15(20-3)16(9-14)21-4/h5-6,9,13H,7-8,10-12,18H2,1-4H3. The largest absolute Gasteiger partial charge is 0.493 e. The number of methoxy groups -OCH3 is 2. The predicted octanol–water partition coefficient (Wildman–Crippen LogP) is 2.31. The minimum atomic E-state index is 0.00433. The number of nitrogens with two attached hydrogens (primary N) is 1. The fourth-order valence-electron chi connectivity index (χ4n) is 3.17. The molecule has 1 heterocycles. The molecule has 0 radical (unpaired) electrons. The van der Waals surface area contributed by atoms with Crippen molar-refractivity contribution in [2.75, 3.05) is 33.9 Å². The number of hydrogen-bond donors (Lipinski definition) is 1. The average Bonchev–Trinajstić information content (AvgIpc) is 2.94. The summed E-state index contributed by atoms with van der Waals surface area (Å²) < 4.78 is 10.7. The molecule has 2 rings (SSSR count). The lowest BCUT2D eigenvalue weighted by Gasteiger charge is -2.38. The highest BCUT2D eigenvalue weighted by molar-refractivity contribution is 5.43. The molecule has 0 aliphatic carbocycles. The Hall–Kier alpha value is -1.26. The fourth-order valence-corrected chi connectivity index (χ4v) is 3.17. The number of ether oxygens (including phenoxy) is 2. The molecule has 4 nitrogen and oxygen atoms in total. The molecule has 2 atom stereocenters. The van der Waals surface area contributed by atoms with Gasteiger partial charge in [-0.3, -0.25) is 4.90 Å². The van der Waals surface area contributed by atoms with Crippen molar-refractivity contribution in [3.63, 3.8) is 0 Å². The Bertz CT molecular complexity index is 478. The van der Waals surface area contributed by atoms with Crippen molar-refractivity contribution < 1.29 is 9.47 Å². The SMILES string of the molecule is COc1ccc(CC(C)(CN)N2CCC(C)C2)cc1OC. The summed E-state index contributed by atoms with van der Waals surface area (Å²) in [7, 11) is 3.33. The number of rotatable bonds is 6. The van der Waals surface area contributed by atoms with E-state index in [2.05, 4.69) is 30.9 Å². The quantitative estimate of drug-likeness (QED) is 0.874. The molecule has 1 aliphatic heterocycles. The van der Waals surface area contributed by atoms with Crippen molar-refractivity contribution in [2.24, 2.45) is 11.7 Å². The third kappa shape index (κ3) is 3.50. The van der Waals surface area contributed by atoms with E-state index in [1.165, 1.54) is 12.0 Å². The number of nitrogens with zero attached hydrogens (tertiary/aromatic N) is 1. The summed E-state index contributed by atoms with van der Waals surface area (Å²) in [6.07, 6.45) is 2.19. The molecule has 0 spiro atoms. The Morgan fingerprint density at radius 3 is 2.52 bits per heavy atom. The van der Waals surface area contributed by atoms with E-state index < -0.39 is 0 Å². The summed E-state index contributed by atoms with van der Waals surface area (Å²) in [5.74, 6) is 2.32. The Morgan fingerprint density at radius 2 is 2.00 bits per heavy atom. The van der Waals surface area contributed by atoms with Crippen LogP contribution in [0.25, 0.3) is 0 Å². The maximum Gasteiger partial charge on any atom is 0.160 e. The molecule has 1 saturated heterocycles. The van der Waals surface area contributed by atoms with Crippen LogP contribution < -0.4 is 15.2 Å². The molecule has 0 saturated carbocycles. The molecule has 2 N–H and O–H groups in total. The lowest BCUT2D eigenvalue weighted by Crippen LogP contribution is -2.52. The topological polar surface area (TPSA) is 47.7 Å². The summed E-state index contributed by atoms with van der Waals surface area (Å²) in [5, 5.41) is 0. The van der Waals surface area contributed by atoms with E-state index in [9.17, 15) is 0 Å². The second-order valence-electron chi connectivity index (χ2n) is 6.41. The summed E-state index contributed by atoms with van der Waals surface area (Å²) in [6.45, 7) is 7.52. The normalized spacial score (nSPS) is 22.0. The molecule has 1 aliphatic rings. The first-order valence-corrected chi connectivity index (χ1v) is 7.68. The van der Waals surface area contributed by atoms with Gasteiger partial charge in [-0.15, -0.1) is 0 Å². The molecule has 2 unspecified atom stereocenters. The first-order valence-electron chi connectivity index (χ1n) is 7.68. The highest BCUT2D eigenvalue weighted by atomic mass is 16.5. The van der Waals surface area contributed by atoms with Gasteiger partial charge in [-0.05, 0) is 49.9 Å². The maximum atomic E-state index is 6.11. The Morgan fingerprint density at radius 1 is 1.29 bits per heavy atom. The van der Waals surface area contributed by atoms with Gasteiger partial charge in [0.25, 0.3) is 0 Å². The van der Waals surface area contributed by atoms with E-state index in [0.29, 0.717) is 6.54 Å². The van der Waals surface area contributed by atoms with Crippen molar-refractivity contribution in [1.29, 1.82) is 0 Å². The van der Waals surface area contributed by atoms with Crippen LogP contribution in [0.1, 0.15) is 25.8 Å². The van der Waals surface area contributed by atoms with Crippen LogP contribution in [0.4, 0.5) is 0 Å². The van der Waals surface area contributed by atoms with Crippen molar-refractivity contribution in [3.8, 4) is 11.5 Å². The maximum absolute atomic E-state index is 6.11. The van der Waals surface area contributed by atoms with E-state index in [1.54, 1.807) is 14.2 Å². The first kappa shape index (κ1) is 16.1. The Balaban J connectivity index is 2.18. The molecule has 0 bridgehead atoms. The molecule has 1 aromatic carbocycles. The van der Waals surface area contributed by atoms with Gasteiger partial charge in [0.15, 0.2) is 11.5 Å². The van der Waals surface area contributed by atoms with E-state index >= 15 is 0 Å². The first-order chi connectivity index (χ1) is 10.0. The van der Waals surface area contributed by atoms with Gasteiger partial charge in [-0.1, -0.05) is 13.0 Å². The number of likely N-dealkylation sites (tertiary alicyclic amines) is 1. The molecule has 0 amide bonds. The van der Waals surface area contributed by atoms with Gasteiger partial charge in [0.1, 0.15) is 0 Å². The van der Waals surface area contributed by atoms with Gasteiger partial charge in [-0.25, -0.2) is 0 Å². The van der Waals surface area contributed by atoms with Gasteiger partial charge in [-0.2, -0.15) is 0 Å². The van der Waals surface area contributed by atoms with Crippen LogP contribution in [0.15, 0.2) is 18.2 Å². The predicted molar refractivity (Wildman–Crippen MR) is 86.1 cm³/mol. The monoisotopic (exact) mass is 292 g/mol. The highest BCUT2D eigenvalue weighted by Gasteiger charge is 2.34. The minimum absolute atomic E-state index is 0.00433. The average molecular weight is 292 g/mol. The van der Waals surface area contributed by atoms with E-state index in [0.717, 1.165) is 36.9 Å². The Kier molecular flexibility index (Phi) is 5.12. The van der Waals surface area contributed by atoms with Crippen LogP contribution >= 0.6 is 0 Å². The Labute approximate surface area is 128 Å². The zero-order chi connectivity index (χ0) is 15.5. The van der Waals surface area contributed by atoms with Crippen molar-refractivity contribution in [2.45, 2.75) is 32.2 Å². The third-order valence-electron chi connectivity index (χ3n) is 4.66. The lowest BCUT2D eigenvalue weighted by molar-refractivity contribution is 0.138. The molecular weight excluding hydrogens is 264 g/mol. The molecule has 4 heteroatoms. The molecule has 1 fully saturated rings. The van der Waals surface area contributed by atoms with Gasteiger partial charge in [0.2, 0.25) is 0 Å². The smallest absolute Gasteiger partial charge is 0.160 e. The van der Waals surface area contributed by atoms with Gasteiger partial charge in [0, 0.05) is 18.6 Å². The number of hydrogen-bond acceptors (Lipinski definition) is 4. The van der Waals surface area contributed by atoms with Crippen molar-refractivity contribution in [1.82, 2.24) is 4.90 Å². The molecule has 1 aromatic rings. The third-order valence-corrected chi connectivity index (χ3v) is 4.66. The molecule has 0 aromatic heterocycles. The van der Waals surface area contributed by atoms with Gasteiger partial charge < -0.3 is 15.2 Å². The van der Waals surface area contributed by atoms with Crippen LogP contribution in [-0.4, -0.2) is 44.3 Å². The summed E-state index contributed by atoms with van der Waals surface area (Å²) in [4.78, 5) is 2.54. The zero-order valence-electron chi connectivity index (χ0n) is 13.7. The summed E-state index contributed by atoms with van der Waals surface area (Å²) in [6, 6.07) is 6.14. The van der Waals surface area contributed by atoms with E-state index in [-0.39, 0.29) is 5.54 Å². The zero-order valence-corrected chi connectivity index (χ0v) is 13.7. The fraction of sp³-hybridized carbons (Fsp3) is 0.647. The van der Waals surface area contributed by atoms with Crippen molar-refractivity contribution in [3.05, 3.63) is 23.8 Å². The van der Waals surface area contributed by atoms with E-state index in [1.807, 2.05) is 6.07 Å². The summed E-state index contributed by atoms with van der Waals surface area (Å²) >= 11 is 0. The summed E-state index contributed by atoms with van der Waals surface area (Å²) in [5.41, 5.74) is 7.35. The van der Waals surface area contributed by atoms with Crippen LogP contribution in [0, 0.1) is 5.92 Å².